The standard InChI is InChI=1S/C29H46F3N5O3/c1-35-18-33-34-25(35)12-27(16-39-17-27)20-3-2-4-21(11-20)37-14-23-22(26(37)38)9-19(10-24(23)29(30,31)32)13-36-7-8-40-28(15-36)5-6-28/h19-25,33-34H,2-18H2,1H3. The zero-order valence-corrected chi connectivity index (χ0v) is 23.8. The molecule has 4 saturated heterocycles. The molecule has 0 radical (unpaired) electrons. The minimum Gasteiger partial charge on any atom is -0.380 e. The van der Waals surface area contributed by atoms with Crippen molar-refractivity contribution in [2.24, 2.45) is 35.0 Å². The number of halogens is 3. The lowest BCUT2D eigenvalue weighted by Gasteiger charge is -2.52. The number of alkyl halides is 3. The fourth-order valence-electron chi connectivity index (χ4n) is 9.24. The molecule has 40 heavy (non-hydrogen) atoms. The Balaban J connectivity index is 1.04. The van der Waals surface area contributed by atoms with Crippen molar-refractivity contribution < 1.29 is 27.4 Å². The molecule has 0 aromatic heterocycles. The summed E-state index contributed by atoms with van der Waals surface area (Å²) < 4.78 is 55.1. The molecule has 7 unspecified atom stereocenters. The Hall–Kier alpha value is -0.980. The molecule has 7 rings (SSSR count). The van der Waals surface area contributed by atoms with Crippen molar-refractivity contribution in [3.8, 4) is 0 Å². The number of hydrogen-bond acceptors (Lipinski definition) is 7. The summed E-state index contributed by atoms with van der Waals surface area (Å²) in [5.41, 5.74) is 6.62. The molecule has 7 fully saturated rings. The van der Waals surface area contributed by atoms with Gasteiger partial charge < -0.3 is 14.4 Å². The van der Waals surface area contributed by atoms with E-state index in [4.69, 9.17) is 9.47 Å². The van der Waals surface area contributed by atoms with Gasteiger partial charge in [-0.2, -0.15) is 13.2 Å². The lowest BCUT2D eigenvalue weighted by molar-refractivity contribution is -0.204. The predicted octanol–water partition coefficient (Wildman–Crippen LogP) is 2.80. The Morgan fingerprint density at radius 3 is 2.62 bits per heavy atom. The number of rotatable bonds is 6. The summed E-state index contributed by atoms with van der Waals surface area (Å²) in [5.74, 6) is -2.16. The second-order valence-electron chi connectivity index (χ2n) is 14.3. The summed E-state index contributed by atoms with van der Waals surface area (Å²) in [5, 5.41) is 0. The largest absolute Gasteiger partial charge is 0.392 e. The van der Waals surface area contributed by atoms with Crippen LogP contribution in [0.25, 0.3) is 0 Å². The average molecular weight is 570 g/mol. The summed E-state index contributed by atoms with van der Waals surface area (Å²) in [6.07, 6.45) is 3.72. The van der Waals surface area contributed by atoms with Gasteiger partial charge in [0.05, 0.1) is 44.2 Å². The number of fused-ring (bicyclic) bond motifs is 1. The van der Waals surface area contributed by atoms with Crippen molar-refractivity contribution in [2.75, 3.05) is 59.7 Å². The van der Waals surface area contributed by atoms with E-state index in [1.165, 1.54) is 0 Å². The van der Waals surface area contributed by atoms with E-state index in [0.29, 0.717) is 25.5 Å². The van der Waals surface area contributed by atoms with Gasteiger partial charge in [-0.15, -0.1) is 0 Å². The summed E-state index contributed by atoms with van der Waals surface area (Å²) in [7, 11) is 2.10. The summed E-state index contributed by atoms with van der Waals surface area (Å²) in [4.78, 5) is 20.4. The minimum atomic E-state index is -4.27. The highest BCUT2D eigenvalue weighted by molar-refractivity contribution is 5.82. The molecule has 0 aromatic carbocycles. The number of morpholine rings is 1. The van der Waals surface area contributed by atoms with E-state index < -0.39 is 23.9 Å². The van der Waals surface area contributed by atoms with Crippen LogP contribution in [0.3, 0.4) is 0 Å². The van der Waals surface area contributed by atoms with Crippen LogP contribution in [-0.4, -0.2) is 104 Å². The van der Waals surface area contributed by atoms with Crippen LogP contribution >= 0.6 is 0 Å². The Labute approximate surface area is 235 Å². The molecule has 8 nitrogen and oxygen atoms in total. The molecule has 3 saturated carbocycles. The van der Waals surface area contributed by atoms with Crippen LogP contribution in [0, 0.1) is 35.0 Å². The maximum Gasteiger partial charge on any atom is 0.392 e. The Morgan fingerprint density at radius 1 is 1.12 bits per heavy atom. The van der Waals surface area contributed by atoms with Gasteiger partial charge in [-0.3, -0.25) is 14.6 Å². The number of ether oxygens (including phenoxy) is 2. The lowest BCUT2D eigenvalue weighted by atomic mass is 9.64. The Bertz CT molecular complexity index is 960. The number of carbonyl (C=O) groups excluding carboxylic acids is 1. The number of hydrazine groups is 1. The average Bonchev–Trinajstić information content (AvgIpc) is 3.36. The number of nitrogens with zero attached hydrogens (tertiary/aromatic N) is 3. The molecule has 2 N–H and O–H groups in total. The van der Waals surface area contributed by atoms with Gasteiger partial charge in [-0.1, -0.05) is 6.42 Å². The molecule has 1 amide bonds. The van der Waals surface area contributed by atoms with E-state index >= 15 is 0 Å². The highest BCUT2D eigenvalue weighted by atomic mass is 19.4. The first-order chi connectivity index (χ1) is 19.1. The maximum atomic E-state index is 14.5. The highest BCUT2D eigenvalue weighted by Crippen LogP contribution is 2.53. The van der Waals surface area contributed by atoms with E-state index in [1.807, 2.05) is 4.90 Å². The monoisotopic (exact) mass is 569 g/mol. The first-order valence-electron chi connectivity index (χ1n) is 15.6. The van der Waals surface area contributed by atoms with Gasteiger partial charge in [0.1, 0.15) is 0 Å². The van der Waals surface area contributed by atoms with Crippen LogP contribution < -0.4 is 10.9 Å². The molecule has 7 aliphatic rings. The molecular weight excluding hydrogens is 523 g/mol. The van der Waals surface area contributed by atoms with Gasteiger partial charge in [0, 0.05) is 43.6 Å². The quantitative estimate of drug-likeness (QED) is 0.510. The zero-order valence-electron chi connectivity index (χ0n) is 23.8. The normalized spacial score (nSPS) is 41.8. The van der Waals surface area contributed by atoms with Gasteiger partial charge in [-0.05, 0) is 76.2 Å². The SMILES string of the molecule is CN1CNNC1CC1(C2CCCC(N3CC4C(CC(CN5CCOC6(CC6)C5)CC4C(F)(F)F)C3=O)C2)COC1. The minimum absolute atomic E-state index is 0.00413. The van der Waals surface area contributed by atoms with Gasteiger partial charge >= 0.3 is 6.18 Å². The number of carbonyl (C=O) groups is 1. The van der Waals surface area contributed by atoms with E-state index in [2.05, 4.69) is 27.7 Å². The molecule has 7 atom stereocenters. The second kappa shape index (κ2) is 10.3. The van der Waals surface area contributed by atoms with E-state index in [0.717, 1.165) is 77.9 Å². The first-order valence-corrected chi connectivity index (χ1v) is 15.6. The van der Waals surface area contributed by atoms with Crippen LogP contribution in [0.5, 0.6) is 0 Å². The number of hydrogen-bond donors (Lipinski definition) is 2. The zero-order chi connectivity index (χ0) is 27.7. The molecular formula is C29H46F3N5O3. The van der Waals surface area contributed by atoms with Crippen molar-refractivity contribution in [3.63, 3.8) is 0 Å². The maximum absolute atomic E-state index is 14.5. The Morgan fingerprint density at radius 2 is 1.95 bits per heavy atom. The third-order valence-corrected chi connectivity index (χ3v) is 11.7. The van der Waals surface area contributed by atoms with Crippen LogP contribution in [-0.2, 0) is 14.3 Å². The lowest BCUT2D eigenvalue weighted by Crippen LogP contribution is -2.56. The summed E-state index contributed by atoms with van der Waals surface area (Å²) in [6.45, 7) is 5.46. The van der Waals surface area contributed by atoms with Crippen molar-refractivity contribution in [2.45, 2.75) is 81.8 Å². The van der Waals surface area contributed by atoms with Crippen molar-refractivity contribution in [1.82, 2.24) is 25.6 Å². The van der Waals surface area contributed by atoms with Crippen molar-refractivity contribution >= 4 is 5.91 Å². The molecule has 11 heteroatoms. The summed E-state index contributed by atoms with van der Waals surface area (Å²) >= 11 is 0. The molecule has 226 valence electrons. The number of likely N-dealkylation sites (tertiary alicyclic amines) is 1. The Kier molecular flexibility index (Phi) is 7.19. The van der Waals surface area contributed by atoms with Crippen molar-refractivity contribution in [1.29, 1.82) is 0 Å². The van der Waals surface area contributed by atoms with Crippen LogP contribution in [0.15, 0.2) is 0 Å². The topological polar surface area (TPSA) is 69.3 Å². The van der Waals surface area contributed by atoms with Gasteiger partial charge in [0.25, 0.3) is 0 Å². The van der Waals surface area contributed by atoms with E-state index in [-0.39, 0.29) is 48.0 Å². The number of nitrogens with one attached hydrogen (secondary N) is 2. The van der Waals surface area contributed by atoms with Gasteiger partial charge in [0.15, 0.2) is 0 Å². The third-order valence-electron chi connectivity index (χ3n) is 11.7. The first kappa shape index (κ1) is 27.8. The van der Waals surface area contributed by atoms with Crippen LogP contribution in [0.2, 0.25) is 0 Å². The second-order valence-corrected chi connectivity index (χ2v) is 14.3. The van der Waals surface area contributed by atoms with Gasteiger partial charge in [-0.25, -0.2) is 10.9 Å². The molecule has 1 spiro atoms. The molecule has 0 bridgehead atoms. The van der Waals surface area contributed by atoms with Crippen LogP contribution in [0.4, 0.5) is 13.2 Å². The molecule has 4 aliphatic heterocycles. The smallest absolute Gasteiger partial charge is 0.380 e. The van der Waals surface area contributed by atoms with E-state index in [9.17, 15) is 18.0 Å². The highest BCUT2D eigenvalue weighted by Gasteiger charge is 2.59. The molecule has 3 aliphatic carbocycles. The number of amides is 1. The van der Waals surface area contributed by atoms with Gasteiger partial charge in [0.2, 0.25) is 5.91 Å². The van der Waals surface area contributed by atoms with Crippen molar-refractivity contribution in [3.05, 3.63) is 0 Å². The fraction of sp³-hybridized carbons (Fsp3) is 0.966. The van der Waals surface area contributed by atoms with E-state index in [1.54, 1.807) is 0 Å². The predicted molar refractivity (Wildman–Crippen MR) is 142 cm³/mol. The molecule has 4 heterocycles. The fourth-order valence-corrected chi connectivity index (χ4v) is 9.24. The third kappa shape index (κ3) is 5.10. The summed E-state index contributed by atoms with van der Waals surface area (Å²) in [6, 6.07) is 0.0445. The van der Waals surface area contributed by atoms with Crippen LogP contribution in [0.1, 0.15) is 57.8 Å². The molecule has 0 aromatic rings.